The molecular formula is C35H39FN4O. The SMILES string of the molecule is O=C1NC(=NC2CCCCC2)C2(CCN(Cc3cccc(-c4ccccc4C4CC4)c3)CC2)N1c1cccc(F)c1. The van der Waals surface area contributed by atoms with Crippen molar-refractivity contribution in [2.24, 2.45) is 4.99 Å². The third kappa shape index (κ3) is 5.30. The minimum Gasteiger partial charge on any atom is -0.299 e. The third-order valence-corrected chi connectivity index (χ3v) is 9.56. The number of piperidine rings is 1. The first-order valence-corrected chi connectivity index (χ1v) is 15.4. The maximum Gasteiger partial charge on any atom is 0.328 e. The number of carbonyl (C=O) groups is 1. The molecule has 1 spiro atoms. The van der Waals surface area contributed by atoms with Crippen LogP contribution in [-0.4, -0.2) is 41.4 Å². The van der Waals surface area contributed by atoms with Gasteiger partial charge in [0, 0.05) is 25.3 Å². The zero-order chi connectivity index (χ0) is 27.8. The van der Waals surface area contributed by atoms with Gasteiger partial charge in [-0.3, -0.25) is 20.1 Å². The Morgan fingerprint density at radius 1 is 0.878 bits per heavy atom. The molecule has 0 bridgehead atoms. The average molecular weight is 551 g/mol. The fraction of sp³-hybridized carbons (Fsp3) is 0.429. The molecule has 2 aliphatic carbocycles. The van der Waals surface area contributed by atoms with Crippen LogP contribution >= 0.6 is 0 Å². The van der Waals surface area contributed by atoms with Gasteiger partial charge in [-0.25, -0.2) is 9.18 Å². The molecule has 4 fully saturated rings. The van der Waals surface area contributed by atoms with E-state index in [1.165, 1.54) is 66.5 Å². The molecule has 0 radical (unpaired) electrons. The van der Waals surface area contributed by atoms with E-state index in [0.717, 1.165) is 51.2 Å². The zero-order valence-electron chi connectivity index (χ0n) is 23.7. The van der Waals surface area contributed by atoms with Crippen LogP contribution in [0.3, 0.4) is 0 Å². The van der Waals surface area contributed by atoms with Crippen LogP contribution in [0.25, 0.3) is 11.1 Å². The summed E-state index contributed by atoms with van der Waals surface area (Å²) in [7, 11) is 0. The van der Waals surface area contributed by atoms with E-state index in [1.54, 1.807) is 11.0 Å². The van der Waals surface area contributed by atoms with E-state index in [-0.39, 0.29) is 17.9 Å². The van der Waals surface area contributed by atoms with E-state index in [1.807, 2.05) is 6.07 Å². The number of nitrogens with one attached hydrogen (secondary N) is 1. The molecule has 212 valence electrons. The van der Waals surface area contributed by atoms with Crippen molar-refractivity contribution in [1.29, 1.82) is 0 Å². The van der Waals surface area contributed by atoms with Crippen molar-refractivity contribution >= 4 is 17.6 Å². The number of anilines is 1. The number of aliphatic imine (C=N–C) groups is 1. The molecule has 2 saturated carbocycles. The lowest BCUT2D eigenvalue weighted by Crippen LogP contribution is -2.57. The van der Waals surface area contributed by atoms with Gasteiger partial charge in [0.1, 0.15) is 17.2 Å². The molecule has 3 aromatic carbocycles. The third-order valence-electron chi connectivity index (χ3n) is 9.56. The van der Waals surface area contributed by atoms with Crippen molar-refractivity contribution in [2.45, 2.75) is 81.8 Å². The highest BCUT2D eigenvalue weighted by molar-refractivity contribution is 6.19. The first-order chi connectivity index (χ1) is 20.1. The van der Waals surface area contributed by atoms with Gasteiger partial charge in [-0.2, -0.15) is 0 Å². The van der Waals surface area contributed by atoms with Crippen molar-refractivity contribution in [1.82, 2.24) is 10.2 Å². The number of amidine groups is 1. The van der Waals surface area contributed by atoms with Gasteiger partial charge in [0.05, 0.1) is 6.04 Å². The fourth-order valence-corrected chi connectivity index (χ4v) is 7.25. The van der Waals surface area contributed by atoms with Crippen LogP contribution in [-0.2, 0) is 6.54 Å². The Morgan fingerprint density at radius 3 is 2.44 bits per heavy atom. The van der Waals surface area contributed by atoms with Gasteiger partial charge in [-0.05, 0) is 91.0 Å². The van der Waals surface area contributed by atoms with Crippen molar-refractivity contribution in [2.75, 3.05) is 18.0 Å². The number of amides is 2. The van der Waals surface area contributed by atoms with Crippen molar-refractivity contribution < 1.29 is 9.18 Å². The van der Waals surface area contributed by atoms with Gasteiger partial charge in [-0.15, -0.1) is 0 Å². The summed E-state index contributed by atoms with van der Waals surface area (Å²) in [5, 5.41) is 3.14. The lowest BCUT2D eigenvalue weighted by atomic mass is 9.84. The van der Waals surface area contributed by atoms with E-state index in [0.29, 0.717) is 11.6 Å². The second-order valence-corrected chi connectivity index (χ2v) is 12.4. The van der Waals surface area contributed by atoms with E-state index in [9.17, 15) is 9.18 Å². The van der Waals surface area contributed by atoms with E-state index in [2.05, 4.69) is 58.7 Å². The van der Waals surface area contributed by atoms with E-state index in [4.69, 9.17) is 4.99 Å². The van der Waals surface area contributed by atoms with Gasteiger partial charge in [0.15, 0.2) is 0 Å². The Labute approximate surface area is 242 Å². The maximum absolute atomic E-state index is 14.3. The summed E-state index contributed by atoms with van der Waals surface area (Å²) in [5.74, 6) is 1.17. The molecule has 7 rings (SSSR count). The van der Waals surface area contributed by atoms with Crippen LogP contribution in [0.15, 0.2) is 77.8 Å². The minimum absolute atomic E-state index is 0.194. The van der Waals surface area contributed by atoms with Crippen molar-refractivity contribution in [3.8, 4) is 11.1 Å². The molecule has 5 nitrogen and oxygen atoms in total. The highest BCUT2D eigenvalue weighted by atomic mass is 19.1. The molecule has 0 unspecified atom stereocenters. The topological polar surface area (TPSA) is 47.9 Å². The molecule has 2 aliphatic heterocycles. The van der Waals surface area contributed by atoms with Crippen LogP contribution in [0.1, 0.15) is 74.8 Å². The standard InChI is InChI=1S/C35H39FN4O/c36-28-10-7-13-30(23-28)40-34(41)38-33(37-29-11-2-1-3-12-29)35(40)18-20-39(21-19-35)24-25-8-6-9-27(22-25)32-15-5-4-14-31(32)26-16-17-26/h4-10,13-15,22-23,26,29H,1-3,11-12,16-21,24H2,(H,37,38,41). The largest absolute Gasteiger partial charge is 0.328 e. The number of rotatable bonds is 6. The monoisotopic (exact) mass is 550 g/mol. The summed E-state index contributed by atoms with van der Waals surface area (Å²) in [5.41, 5.74) is 5.48. The molecule has 2 saturated heterocycles. The van der Waals surface area contributed by atoms with E-state index < -0.39 is 5.54 Å². The summed E-state index contributed by atoms with van der Waals surface area (Å²) in [6.07, 6.45) is 9.89. The fourth-order valence-electron chi connectivity index (χ4n) is 7.25. The minimum atomic E-state index is -0.566. The number of nitrogens with zero attached hydrogens (tertiary/aromatic N) is 3. The smallest absolute Gasteiger partial charge is 0.299 e. The molecule has 1 N–H and O–H groups in total. The summed E-state index contributed by atoms with van der Waals surface area (Å²) in [6, 6.07) is 24.3. The average Bonchev–Trinajstić information content (AvgIpc) is 3.81. The van der Waals surface area contributed by atoms with Gasteiger partial charge in [-0.1, -0.05) is 67.8 Å². The Hall–Kier alpha value is -3.51. The molecule has 0 atom stereocenters. The highest BCUT2D eigenvalue weighted by Crippen LogP contribution is 2.44. The van der Waals surface area contributed by atoms with Crippen molar-refractivity contribution in [3.63, 3.8) is 0 Å². The van der Waals surface area contributed by atoms with Crippen LogP contribution in [0.5, 0.6) is 0 Å². The summed E-state index contributed by atoms with van der Waals surface area (Å²) < 4.78 is 14.3. The molecule has 0 aromatic heterocycles. The molecule has 2 amide bonds. The van der Waals surface area contributed by atoms with Crippen LogP contribution < -0.4 is 10.2 Å². The first-order valence-electron chi connectivity index (χ1n) is 15.4. The second-order valence-electron chi connectivity index (χ2n) is 12.4. The highest BCUT2D eigenvalue weighted by Gasteiger charge is 2.53. The van der Waals surface area contributed by atoms with Crippen molar-refractivity contribution in [3.05, 3.63) is 89.7 Å². The van der Waals surface area contributed by atoms with Crippen LogP contribution in [0.4, 0.5) is 14.9 Å². The second kappa shape index (κ2) is 11.1. The lowest BCUT2D eigenvalue weighted by molar-refractivity contribution is 0.184. The summed E-state index contributed by atoms with van der Waals surface area (Å²) >= 11 is 0. The van der Waals surface area contributed by atoms with Gasteiger partial charge < -0.3 is 0 Å². The predicted octanol–water partition coefficient (Wildman–Crippen LogP) is 7.67. The number of hydrogen-bond acceptors (Lipinski definition) is 3. The molecule has 4 aliphatic rings. The molecule has 3 aromatic rings. The Bertz CT molecular complexity index is 1450. The Kier molecular flexibility index (Phi) is 7.11. The normalized spacial score (nSPS) is 22.4. The van der Waals surface area contributed by atoms with E-state index >= 15 is 0 Å². The molecule has 6 heteroatoms. The maximum atomic E-state index is 14.3. The van der Waals surface area contributed by atoms with Crippen LogP contribution in [0.2, 0.25) is 0 Å². The van der Waals surface area contributed by atoms with Gasteiger partial charge in [0.2, 0.25) is 0 Å². The molecule has 41 heavy (non-hydrogen) atoms. The number of likely N-dealkylation sites (tertiary alicyclic amines) is 1. The van der Waals surface area contributed by atoms with Gasteiger partial charge in [0.25, 0.3) is 0 Å². The number of urea groups is 1. The lowest BCUT2D eigenvalue weighted by Gasteiger charge is -2.44. The first kappa shape index (κ1) is 26.4. The number of carbonyl (C=O) groups excluding carboxylic acids is 1. The summed E-state index contributed by atoms with van der Waals surface area (Å²) in [6.45, 7) is 2.55. The zero-order valence-corrected chi connectivity index (χ0v) is 23.7. The summed E-state index contributed by atoms with van der Waals surface area (Å²) in [4.78, 5) is 22.9. The number of benzene rings is 3. The molecule has 2 heterocycles. The molecular weight excluding hydrogens is 511 g/mol. The number of halogens is 1. The Balaban J connectivity index is 1.13. The quantitative estimate of drug-likeness (QED) is 0.342. The van der Waals surface area contributed by atoms with Crippen LogP contribution in [0, 0.1) is 5.82 Å². The van der Waals surface area contributed by atoms with Gasteiger partial charge >= 0.3 is 6.03 Å². The number of hydrogen-bond donors (Lipinski definition) is 1. The Morgan fingerprint density at radius 2 is 1.66 bits per heavy atom. The predicted molar refractivity (Wildman–Crippen MR) is 163 cm³/mol.